The molecule has 0 saturated heterocycles. The van der Waals surface area contributed by atoms with E-state index in [0.29, 0.717) is 10.8 Å². The fraction of sp³-hybridized carbons (Fsp3) is 0.231. The zero-order chi connectivity index (χ0) is 14.7. The smallest absolute Gasteiger partial charge is 0.159 e. The number of benzene rings is 1. The van der Waals surface area contributed by atoms with Crippen LogP contribution in [0.25, 0.3) is 0 Å². The highest BCUT2D eigenvalue weighted by Crippen LogP contribution is 2.33. The van der Waals surface area contributed by atoms with Gasteiger partial charge in [0.2, 0.25) is 0 Å². The fourth-order valence-electron chi connectivity index (χ4n) is 1.88. The number of rotatable bonds is 4. The van der Waals surface area contributed by atoms with E-state index in [9.17, 15) is 0 Å². The van der Waals surface area contributed by atoms with Crippen LogP contribution in [0.2, 0.25) is 5.02 Å². The molecule has 1 aromatic carbocycles. The number of nitrogens with zero attached hydrogens (tertiary/aromatic N) is 3. The molecular weight excluding hydrogens is 342 g/mol. The van der Waals surface area contributed by atoms with Gasteiger partial charge in [0.05, 0.1) is 6.04 Å². The van der Waals surface area contributed by atoms with Crippen LogP contribution in [0.15, 0.2) is 35.1 Å². The molecule has 0 amide bonds. The number of nitrogens with one attached hydrogen (secondary N) is 1. The molecule has 0 spiro atoms. The summed E-state index contributed by atoms with van der Waals surface area (Å²) < 4.78 is 0.721. The normalized spacial score (nSPS) is 12.1. The molecule has 1 heterocycles. The van der Waals surface area contributed by atoms with Gasteiger partial charge in [0, 0.05) is 12.1 Å². The molecular formula is C13H15BrClN5. The minimum Gasteiger partial charge on any atom is -0.352 e. The predicted molar refractivity (Wildman–Crippen MR) is 85.8 cm³/mol. The maximum absolute atomic E-state index is 6.04. The van der Waals surface area contributed by atoms with E-state index in [1.807, 2.05) is 36.2 Å². The van der Waals surface area contributed by atoms with Gasteiger partial charge in [-0.3, -0.25) is 0 Å². The zero-order valence-electron chi connectivity index (χ0n) is 11.1. The third-order valence-corrected chi connectivity index (χ3v) is 4.12. The third-order valence-electron chi connectivity index (χ3n) is 3.15. The predicted octanol–water partition coefficient (Wildman–Crippen LogP) is 3.38. The van der Waals surface area contributed by atoms with E-state index in [0.717, 1.165) is 15.9 Å². The number of nitrogen functional groups attached to an aromatic ring is 1. The fourth-order valence-corrected chi connectivity index (χ4v) is 2.68. The van der Waals surface area contributed by atoms with Crippen LogP contribution in [0.5, 0.6) is 0 Å². The van der Waals surface area contributed by atoms with Crippen molar-refractivity contribution in [2.24, 2.45) is 5.84 Å². The molecule has 106 valence electrons. The monoisotopic (exact) mass is 355 g/mol. The van der Waals surface area contributed by atoms with E-state index in [1.54, 1.807) is 0 Å². The summed E-state index contributed by atoms with van der Waals surface area (Å²) in [5, 5.41) is 0.716. The Morgan fingerprint density at radius 3 is 2.80 bits per heavy atom. The Bertz CT molecular complexity index is 607. The van der Waals surface area contributed by atoms with Gasteiger partial charge in [-0.1, -0.05) is 23.7 Å². The number of hydrogen-bond donors (Lipinski definition) is 2. The molecule has 0 radical (unpaired) electrons. The van der Waals surface area contributed by atoms with Crippen molar-refractivity contribution >= 4 is 39.2 Å². The number of nitrogens with two attached hydrogens (primary N) is 1. The molecule has 0 fully saturated rings. The Kier molecular flexibility index (Phi) is 4.80. The summed E-state index contributed by atoms with van der Waals surface area (Å²) >= 11 is 9.50. The van der Waals surface area contributed by atoms with Crippen LogP contribution < -0.4 is 16.2 Å². The van der Waals surface area contributed by atoms with Gasteiger partial charge >= 0.3 is 0 Å². The lowest BCUT2D eigenvalue weighted by Gasteiger charge is -2.27. The molecule has 1 aromatic heterocycles. The minimum absolute atomic E-state index is 0.102. The molecule has 7 heteroatoms. The summed E-state index contributed by atoms with van der Waals surface area (Å²) in [4.78, 5) is 10.4. The Hall–Kier alpha value is -1.37. The first-order valence-corrected chi connectivity index (χ1v) is 7.17. The highest BCUT2D eigenvalue weighted by Gasteiger charge is 2.18. The highest BCUT2D eigenvalue weighted by molar-refractivity contribution is 9.10. The van der Waals surface area contributed by atoms with Crippen molar-refractivity contribution in [1.82, 2.24) is 9.97 Å². The summed E-state index contributed by atoms with van der Waals surface area (Å²) in [6, 6.07) is 7.87. The Labute approximate surface area is 131 Å². The van der Waals surface area contributed by atoms with Crippen LogP contribution in [0.4, 0.5) is 11.6 Å². The van der Waals surface area contributed by atoms with Gasteiger partial charge in [-0.05, 0) is 40.5 Å². The SMILES string of the molecule is CC(c1cccc(Cl)c1)N(C)c1ncnc(NN)c1Br. The molecule has 1 unspecified atom stereocenters. The average Bonchev–Trinajstić information content (AvgIpc) is 2.46. The average molecular weight is 357 g/mol. The number of aromatic nitrogens is 2. The maximum atomic E-state index is 6.04. The van der Waals surface area contributed by atoms with Crippen molar-refractivity contribution < 1.29 is 0 Å². The van der Waals surface area contributed by atoms with Crippen molar-refractivity contribution in [1.29, 1.82) is 0 Å². The van der Waals surface area contributed by atoms with Gasteiger partial charge in [0.1, 0.15) is 16.6 Å². The van der Waals surface area contributed by atoms with Crippen molar-refractivity contribution in [3.8, 4) is 0 Å². The standard InChI is InChI=1S/C13H15BrClN5/c1-8(9-4-3-5-10(15)6-9)20(2)13-11(14)12(19-16)17-7-18-13/h3-8H,16H2,1-2H3,(H,17,18,19). The second-order valence-electron chi connectivity index (χ2n) is 4.35. The van der Waals surface area contributed by atoms with Crippen LogP contribution in [0.1, 0.15) is 18.5 Å². The van der Waals surface area contributed by atoms with Crippen molar-refractivity contribution in [3.63, 3.8) is 0 Å². The summed E-state index contributed by atoms with van der Waals surface area (Å²) in [6.45, 7) is 2.08. The van der Waals surface area contributed by atoms with Crippen molar-refractivity contribution in [3.05, 3.63) is 45.7 Å². The molecule has 2 rings (SSSR count). The van der Waals surface area contributed by atoms with Crippen molar-refractivity contribution in [2.45, 2.75) is 13.0 Å². The molecule has 0 saturated carbocycles. The summed E-state index contributed by atoms with van der Waals surface area (Å²) in [6.07, 6.45) is 1.47. The van der Waals surface area contributed by atoms with Crippen LogP contribution in [-0.2, 0) is 0 Å². The lowest BCUT2D eigenvalue weighted by Crippen LogP contribution is -2.24. The molecule has 20 heavy (non-hydrogen) atoms. The second-order valence-corrected chi connectivity index (χ2v) is 5.58. The number of halogens is 2. The van der Waals surface area contributed by atoms with E-state index < -0.39 is 0 Å². The van der Waals surface area contributed by atoms with Gasteiger partial charge in [-0.2, -0.15) is 0 Å². The molecule has 1 atom stereocenters. The first-order chi connectivity index (χ1) is 9.54. The minimum atomic E-state index is 0.102. The molecule has 0 aliphatic rings. The van der Waals surface area contributed by atoms with Gasteiger partial charge < -0.3 is 10.3 Å². The first-order valence-electron chi connectivity index (χ1n) is 6.00. The Morgan fingerprint density at radius 1 is 1.40 bits per heavy atom. The Balaban J connectivity index is 2.33. The van der Waals surface area contributed by atoms with Crippen LogP contribution in [-0.4, -0.2) is 17.0 Å². The quantitative estimate of drug-likeness (QED) is 0.649. The summed E-state index contributed by atoms with van der Waals surface area (Å²) in [5.41, 5.74) is 3.64. The van der Waals surface area contributed by atoms with E-state index in [4.69, 9.17) is 17.4 Å². The second kappa shape index (κ2) is 6.39. The van der Waals surface area contributed by atoms with Crippen LogP contribution >= 0.6 is 27.5 Å². The zero-order valence-corrected chi connectivity index (χ0v) is 13.5. The van der Waals surface area contributed by atoms with E-state index >= 15 is 0 Å². The first kappa shape index (κ1) is 15.0. The number of hydrazine groups is 1. The van der Waals surface area contributed by atoms with Crippen LogP contribution in [0.3, 0.4) is 0 Å². The lowest BCUT2D eigenvalue weighted by atomic mass is 10.1. The summed E-state index contributed by atoms with van der Waals surface area (Å²) in [7, 11) is 1.96. The van der Waals surface area contributed by atoms with Crippen LogP contribution in [0, 0.1) is 0 Å². The summed E-state index contributed by atoms with van der Waals surface area (Å²) in [5.74, 6) is 6.71. The molecule has 3 N–H and O–H groups in total. The van der Waals surface area contributed by atoms with E-state index in [-0.39, 0.29) is 6.04 Å². The molecule has 0 bridgehead atoms. The number of hydrogen-bond acceptors (Lipinski definition) is 5. The molecule has 0 aliphatic carbocycles. The number of anilines is 2. The largest absolute Gasteiger partial charge is 0.352 e. The van der Waals surface area contributed by atoms with Gasteiger partial charge in [-0.25, -0.2) is 15.8 Å². The topological polar surface area (TPSA) is 67.1 Å². The molecule has 2 aromatic rings. The van der Waals surface area contributed by atoms with E-state index in [1.165, 1.54) is 6.33 Å². The molecule has 5 nitrogen and oxygen atoms in total. The third kappa shape index (κ3) is 3.03. The van der Waals surface area contributed by atoms with Crippen molar-refractivity contribution in [2.75, 3.05) is 17.4 Å². The highest BCUT2D eigenvalue weighted by atomic mass is 79.9. The van der Waals surface area contributed by atoms with Gasteiger partial charge in [0.15, 0.2) is 5.82 Å². The van der Waals surface area contributed by atoms with Gasteiger partial charge in [0.25, 0.3) is 0 Å². The van der Waals surface area contributed by atoms with E-state index in [2.05, 4.69) is 38.2 Å². The lowest BCUT2D eigenvalue weighted by molar-refractivity contribution is 0.725. The molecule has 0 aliphatic heterocycles. The van der Waals surface area contributed by atoms with Gasteiger partial charge in [-0.15, -0.1) is 0 Å². The maximum Gasteiger partial charge on any atom is 0.159 e. The Morgan fingerprint density at radius 2 is 2.15 bits per heavy atom.